The molecule has 0 aliphatic heterocycles. The van der Waals surface area contributed by atoms with Crippen molar-refractivity contribution in [1.82, 2.24) is 5.32 Å². The van der Waals surface area contributed by atoms with E-state index in [0.29, 0.717) is 20.7 Å². The van der Waals surface area contributed by atoms with Crippen LogP contribution in [0, 0.1) is 0 Å². The zero-order valence-electron chi connectivity index (χ0n) is 11.5. The zero-order valence-corrected chi connectivity index (χ0v) is 14.7. The lowest BCUT2D eigenvalue weighted by molar-refractivity contribution is 0.0950. The summed E-state index contributed by atoms with van der Waals surface area (Å²) in [6, 6.07) is 8.11. The van der Waals surface area contributed by atoms with Crippen LogP contribution >= 0.6 is 27.3 Å². The molecule has 6 nitrogen and oxygen atoms in total. The minimum atomic E-state index is -3.71. The fraction of sp³-hybridized carbons (Fsp3) is 0.154. The number of halogens is 1. The molecule has 0 fully saturated rings. The Morgan fingerprint density at radius 1 is 1.36 bits per heavy atom. The SMILES string of the molecule is COc1ccc(Br)c(C(=O)NCc2ccc(S(N)(=O)=O)s2)c1. The highest BCUT2D eigenvalue weighted by Crippen LogP contribution is 2.23. The lowest BCUT2D eigenvalue weighted by atomic mass is 10.2. The molecule has 1 amide bonds. The third kappa shape index (κ3) is 4.07. The van der Waals surface area contributed by atoms with Gasteiger partial charge >= 0.3 is 0 Å². The van der Waals surface area contributed by atoms with Crippen LogP contribution in [-0.4, -0.2) is 21.4 Å². The molecule has 1 heterocycles. The molecule has 0 radical (unpaired) electrons. The summed E-state index contributed by atoms with van der Waals surface area (Å²) in [7, 11) is -2.19. The molecule has 0 aliphatic carbocycles. The Hall–Kier alpha value is -1.42. The number of thiophene rings is 1. The predicted molar refractivity (Wildman–Crippen MR) is 87.6 cm³/mol. The van der Waals surface area contributed by atoms with E-state index in [1.54, 1.807) is 24.3 Å². The molecule has 1 aromatic carbocycles. The number of sulfonamides is 1. The van der Waals surface area contributed by atoms with Gasteiger partial charge in [0.2, 0.25) is 10.0 Å². The van der Waals surface area contributed by atoms with Crippen LogP contribution in [0.4, 0.5) is 0 Å². The van der Waals surface area contributed by atoms with E-state index in [0.717, 1.165) is 11.3 Å². The van der Waals surface area contributed by atoms with Crippen molar-refractivity contribution < 1.29 is 17.9 Å². The molecule has 0 spiro atoms. The summed E-state index contributed by atoms with van der Waals surface area (Å²) >= 11 is 4.33. The van der Waals surface area contributed by atoms with E-state index in [4.69, 9.17) is 9.88 Å². The second-order valence-electron chi connectivity index (χ2n) is 4.29. The van der Waals surface area contributed by atoms with Crippen molar-refractivity contribution in [2.24, 2.45) is 5.14 Å². The van der Waals surface area contributed by atoms with Crippen molar-refractivity contribution in [3.63, 3.8) is 0 Å². The molecule has 0 saturated carbocycles. The smallest absolute Gasteiger partial charge is 0.252 e. The summed E-state index contributed by atoms with van der Waals surface area (Å²) in [6.07, 6.45) is 0. The molecule has 118 valence electrons. The highest BCUT2D eigenvalue weighted by molar-refractivity contribution is 9.10. The van der Waals surface area contributed by atoms with E-state index < -0.39 is 10.0 Å². The standard InChI is InChI=1S/C13H13BrN2O4S2/c1-20-8-2-4-11(14)10(6-8)13(17)16-7-9-3-5-12(21-9)22(15,18)19/h2-6H,7H2,1H3,(H,16,17)(H2,15,18,19). The number of ether oxygens (including phenoxy) is 1. The van der Waals surface area contributed by atoms with E-state index in [2.05, 4.69) is 21.2 Å². The number of benzene rings is 1. The van der Waals surface area contributed by atoms with Crippen LogP contribution in [0.3, 0.4) is 0 Å². The Labute approximate surface area is 140 Å². The van der Waals surface area contributed by atoms with E-state index in [9.17, 15) is 13.2 Å². The van der Waals surface area contributed by atoms with Crippen molar-refractivity contribution in [2.45, 2.75) is 10.8 Å². The van der Waals surface area contributed by atoms with Gasteiger partial charge in [-0.3, -0.25) is 4.79 Å². The van der Waals surface area contributed by atoms with E-state index in [1.165, 1.54) is 13.2 Å². The fourth-order valence-electron chi connectivity index (χ4n) is 1.67. The maximum absolute atomic E-state index is 12.2. The maximum Gasteiger partial charge on any atom is 0.252 e. The molecule has 1 aromatic heterocycles. The number of carbonyl (C=O) groups excluding carboxylic acids is 1. The molecule has 0 unspecified atom stereocenters. The van der Waals surface area contributed by atoms with Gasteiger partial charge in [-0.2, -0.15) is 0 Å². The molecule has 0 saturated heterocycles. The molecule has 2 aromatic rings. The number of nitrogens with one attached hydrogen (secondary N) is 1. The van der Waals surface area contributed by atoms with Crippen molar-refractivity contribution >= 4 is 43.2 Å². The maximum atomic E-state index is 12.2. The Kier molecular flexibility index (Phi) is 5.22. The predicted octanol–water partition coefficient (Wildman–Crippen LogP) is 2.10. The van der Waals surface area contributed by atoms with Crippen LogP contribution in [0.5, 0.6) is 5.75 Å². The first kappa shape index (κ1) is 16.9. The van der Waals surface area contributed by atoms with Crippen molar-refractivity contribution in [1.29, 1.82) is 0 Å². The monoisotopic (exact) mass is 404 g/mol. The summed E-state index contributed by atoms with van der Waals surface area (Å²) in [5.41, 5.74) is 0.433. The molecule has 9 heteroatoms. The normalized spacial score (nSPS) is 11.2. The molecular formula is C13H13BrN2O4S2. The largest absolute Gasteiger partial charge is 0.497 e. The van der Waals surface area contributed by atoms with Gasteiger partial charge in [0.1, 0.15) is 9.96 Å². The minimum Gasteiger partial charge on any atom is -0.497 e. The van der Waals surface area contributed by atoms with Gasteiger partial charge in [0.25, 0.3) is 5.91 Å². The van der Waals surface area contributed by atoms with Crippen LogP contribution in [0.15, 0.2) is 39.0 Å². The summed E-state index contributed by atoms with van der Waals surface area (Å²) in [5, 5.41) is 7.77. The Morgan fingerprint density at radius 2 is 2.09 bits per heavy atom. The third-order valence-corrected chi connectivity index (χ3v) is 5.97. The molecule has 22 heavy (non-hydrogen) atoms. The summed E-state index contributed by atoms with van der Waals surface area (Å²) < 4.78 is 28.2. The number of hydrogen-bond donors (Lipinski definition) is 2. The first-order valence-electron chi connectivity index (χ1n) is 6.04. The quantitative estimate of drug-likeness (QED) is 0.796. The Bertz CT molecular complexity index is 802. The highest BCUT2D eigenvalue weighted by Gasteiger charge is 2.14. The average molecular weight is 405 g/mol. The molecule has 0 bridgehead atoms. The van der Waals surface area contributed by atoms with Crippen LogP contribution in [0.1, 0.15) is 15.2 Å². The second kappa shape index (κ2) is 6.78. The molecule has 2 rings (SSSR count). The number of rotatable bonds is 5. The van der Waals surface area contributed by atoms with Crippen LogP contribution in [0.25, 0.3) is 0 Å². The van der Waals surface area contributed by atoms with Gasteiger partial charge < -0.3 is 10.1 Å². The van der Waals surface area contributed by atoms with Crippen molar-refractivity contribution in [3.05, 3.63) is 45.2 Å². The first-order chi connectivity index (χ1) is 10.3. The molecule has 0 atom stereocenters. The number of hydrogen-bond acceptors (Lipinski definition) is 5. The van der Waals surface area contributed by atoms with Gasteiger partial charge in [0, 0.05) is 9.35 Å². The van der Waals surface area contributed by atoms with Crippen LogP contribution < -0.4 is 15.2 Å². The number of nitrogens with two attached hydrogens (primary N) is 1. The number of methoxy groups -OCH3 is 1. The first-order valence-corrected chi connectivity index (χ1v) is 9.20. The Morgan fingerprint density at radius 3 is 2.68 bits per heavy atom. The second-order valence-corrected chi connectivity index (χ2v) is 8.11. The Balaban J connectivity index is 2.09. The summed E-state index contributed by atoms with van der Waals surface area (Å²) in [6.45, 7) is 0.211. The lowest BCUT2D eigenvalue weighted by Crippen LogP contribution is -2.22. The molecule has 0 aliphatic rings. The minimum absolute atomic E-state index is 0.0688. The number of primary sulfonamides is 1. The van der Waals surface area contributed by atoms with E-state index in [-0.39, 0.29) is 16.7 Å². The summed E-state index contributed by atoms with van der Waals surface area (Å²) in [4.78, 5) is 12.9. The molecule has 3 N–H and O–H groups in total. The van der Waals surface area contributed by atoms with Gasteiger partial charge in [0.15, 0.2) is 0 Å². The van der Waals surface area contributed by atoms with Gasteiger partial charge in [-0.05, 0) is 46.3 Å². The van der Waals surface area contributed by atoms with E-state index >= 15 is 0 Å². The van der Waals surface area contributed by atoms with Gasteiger partial charge in [0.05, 0.1) is 19.2 Å². The summed E-state index contributed by atoms with van der Waals surface area (Å²) in [5.74, 6) is 0.275. The fourth-order valence-corrected chi connectivity index (χ4v) is 3.82. The van der Waals surface area contributed by atoms with Gasteiger partial charge in [-0.1, -0.05) is 0 Å². The van der Waals surface area contributed by atoms with Crippen molar-refractivity contribution in [3.8, 4) is 5.75 Å². The topological polar surface area (TPSA) is 98.5 Å². The lowest BCUT2D eigenvalue weighted by Gasteiger charge is -2.08. The zero-order chi connectivity index (χ0) is 16.3. The van der Waals surface area contributed by atoms with E-state index in [1.807, 2.05) is 0 Å². The van der Waals surface area contributed by atoms with Gasteiger partial charge in [-0.15, -0.1) is 11.3 Å². The number of amides is 1. The number of carbonyl (C=O) groups is 1. The highest BCUT2D eigenvalue weighted by atomic mass is 79.9. The average Bonchev–Trinajstić information content (AvgIpc) is 2.94. The van der Waals surface area contributed by atoms with Crippen molar-refractivity contribution in [2.75, 3.05) is 7.11 Å². The van der Waals surface area contributed by atoms with Crippen LogP contribution in [0.2, 0.25) is 0 Å². The molecular weight excluding hydrogens is 392 g/mol. The third-order valence-electron chi connectivity index (χ3n) is 2.76. The van der Waals surface area contributed by atoms with Crippen LogP contribution in [-0.2, 0) is 16.6 Å². The van der Waals surface area contributed by atoms with Gasteiger partial charge in [-0.25, -0.2) is 13.6 Å².